The number of allylic oxidation sites excluding steroid dienone is 2. The second kappa shape index (κ2) is 8.43. The first kappa shape index (κ1) is 23.0. The van der Waals surface area contributed by atoms with E-state index in [0.717, 1.165) is 57.3 Å². The van der Waals surface area contributed by atoms with Crippen molar-refractivity contribution < 1.29 is 29.4 Å². The van der Waals surface area contributed by atoms with Crippen molar-refractivity contribution in [2.45, 2.75) is 64.8 Å². The first-order valence-corrected chi connectivity index (χ1v) is 10.8. The Balaban J connectivity index is 0.000000401. The van der Waals surface area contributed by atoms with Crippen molar-refractivity contribution in [3.8, 4) is 0 Å². The van der Waals surface area contributed by atoms with Crippen molar-refractivity contribution in [1.82, 2.24) is 9.91 Å². The average molecular weight is 434 g/mol. The highest BCUT2D eigenvalue weighted by Crippen LogP contribution is 2.53. The van der Waals surface area contributed by atoms with Gasteiger partial charge in [-0.2, -0.15) is 5.10 Å². The van der Waals surface area contributed by atoms with Gasteiger partial charge in [0.05, 0.1) is 11.0 Å². The van der Waals surface area contributed by atoms with E-state index in [1.165, 1.54) is 0 Å². The maximum atomic E-state index is 13.2. The third-order valence-corrected chi connectivity index (χ3v) is 7.22. The molecule has 2 heterocycles. The fraction of sp³-hybridized carbons (Fsp3) is 0.682. The number of carboxylic acid groups (broad SMARTS) is 2. The van der Waals surface area contributed by atoms with Gasteiger partial charge in [0, 0.05) is 38.1 Å². The summed E-state index contributed by atoms with van der Waals surface area (Å²) >= 11 is 0. The van der Waals surface area contributed by atoms with Crippen molar-refractivity contribution >= 4 is 29.5 Å². The Hall–Kier alpha value is -2.71. The molecule has 1 spiro atoms. The SMILES string of the molecule is CC(=O)N1N=C(C)CC12CCC1CN(C(=O)C3(C)CC=CCC3)CC12.O=C(O)C(=O)O. The Bertz CT molecular complexity index is 840. The van der Waals surface area contributed by atoms with Gasteiger partial charge in [-0.25, -0.2) is 14.6 Å². The standard InChI is InChI=1S/C20H29N3O2.C2H2O4/c1-14-11-20(23(21-14)15(2)24)10-7-16-12-22(13-17(16)20)18(25)19(3)8-5-4-6-9-19;3-1(4)2(5)6/h4-5,16-17H,6-13H2,1-3H3;(H,3,4)(H,5,6). The molecule has 0 aromatic carbocycles. The maximum absolute atomic E-state index is 13.2. The first-order valence-electron chi connectivity index (χ1n) is 10.8. The monoisotopic (exact) mass is 433 g/mol. The molecule has 31 heavy (non-hydrogen) atoms. The largest absolute Gasteiger partial charge is 0.473 e. The van der Waals surface area contributed by atoms with Crippen molar-refractivity contribution in [3.63, 3.8) is 0 Å². The third kappa shape index (κ3) is 4.22. The van der Waals surface area contributed by atoms with E-state index in [1.54, 1.807) is 11.9 Å². The van der Waals surface area contributed by atoms with Crippen LogP contribution in [-0.2, 0) is 19.2 Å². The van der Waals surface area contributed by atoms with Gasteiger partial charge in [-0.05, 0) is 44.9 Å². The van der Waals surface area contributed by atoms with Gasteiger partial charge in [-0.3, -0.25) is 9.59 Å². The van der Waals surface area contributed by atoms with Crippen LogP contribution in [-0.4, -0.2) is 68.2 Å². The Morgan fingerprint density at radius 2 is 1.77 bits per heavy atom. The van der Waals surface area contributed by atoms with E-state index in [2.05, 4.69) is 29.1 Å². The molecule has 2 amide bonds. The topological polar surface area (TPSA) is 128 Å². The molecule has 0 radical (unpaired) electrons. The quantitative estimate of drug-likeness (QED) is 0.482. The maximum Gasteiger partial charge on any atom is 0.414 e. The minimum Gasteiger partial charge on any atom is -0.473 e. The van der Waals surface area contributed by atoms with Crippen LogP contribution in [0.4, 0.5) is 0 Å². The Labute approximate surface area is 181 Å². The van der Waals surface area contributed by atoms with E-state index in [0.29, 0.717) is 17.7 Å². The van der Waals surface area contributed by atoms with Crippen LogP contribution in [0.2, 0.25) is 0 Å². The summed E-state index contributed by atoms with van der Waals surface area (Å²) in [5, 5.41) is 21.1. The number of nitrogens with zero attached hydrogens (tertiary/aromatic N) is 3. The number of fused-ring (bicyclic) bond motifs is 2. The number of amides is 2. The lowest BCUT2D eigenvalue weighted by Crippen LogP contribution is -2.50. The minimum atomic E-state index is -1.82. The van der Waals surface area contributed by atoms with Crippen LogP contribution in [0, 0.1) is 17.3 Å². The predicted octanol–water partition coefficient (Wildman–Crippen LogP) is 2.12. The van der Waals surface area contributed by atoms with Crippen molar-refractivity contribution in [3.05, 3.63) is 12.2 Å². The second-order valence-electron chi connectivity index (χ2n) is 9.45. The fourth-order valence-corrected chi connectivity index (χ4v) is 5.79. The molecular weight excluding hydrogens is 402 g/mol. The summed E-state index contributed by atoms with van der Waals surface area (Å²) in [7, 11) is 0. The molecule has 4 aliphatic rings. The molecule has 0 aromatic rings. The fourth-order valence-electron chi connectivity index (χ4n) is 5.79. The Kier molecular flexibility index (Phi) is 6.25. The van der Waals surface area contributed by atoms with Crippen LogP contribution < -0.4 is 0 Å². The zero-order chi connectivity index (χ0) is 23.0. The number of rotatable bonds is 1. The zero-order valence-electron chi connectivity index (χ0n) is 18.3. The van der Waals surface area contributed by atoms with Crippen molar-refractivity contribution in [1.29, 1.82) is 0 Å². The summed E-state index contributed by atoms with van der Waals surface area (Å²) in [4.78, 5) is 45.7. The van der Waals surface area contributed by atoms with Crippen molar-refractivity contribution in [2.24, 2.45) is 22.4 Å². The molecule has 0 bridgehead atoms. The molecule has 2 fully saturated rings. The number of carbonyl (C=O) groups excluding carboxylic acids is 2. The summed E-state index contributed by atoms with van der Waals surface area (Å²) in [5.74, 6) is -2.43. The number of carboxylic acids is 2. The number of likely N-dealkylation sites (tertiary alicyclic amines) is 1. The average Bonchev–Trinajstić information content (AvgIpc) is 3.37. The molecule has 0 aromatic heterocycles. The molecule has 2 N–H and O–H groups in total. The van der Waals surface area contributed by atoms with Crippen LogP contribution in [0.5, 0.6) is 0 Å². The molecular formula is C22H31N3O6. The van der Waals surface area contributed by atoms with Crippen LogP contribution in [0.25, 0.3) is 0 Å². The zero-order valence-corrected chi connectivity index (χ0v) is 18.3. The lowest BCUT2D eigenvalue weighted by Gasteiger charge is -2.38. The Morgan fingerprint density at radius 1 is 1.10 bits per heavy atom. The van der Waals surface area contributed by atoms with Crippen LogP contribution in [0.3, 0.4) is 0 Å². The molecule has 4 unspecified atom stereocenters. The van der Waals surface area contributed by atoms with E-state index in [9.17, 15) is 9.59 Å². The van der Waals surface area contributed by atoms with Crippen LogP contribution in [0.15, 0.2) is 17.3 Å². The van der Waals surface area contributed by atoms with E-state index in [4.69, 9.17) is 19.8 Å². The molecule has 4 rings (SSSR count). The van der Waals surface area contributed by atoms with Gasteiger partial charge in [0.1, 0.15) is 0 Å². The predicted molar refractivity (Wildman–Crippen MR) is 112 cm³/mol. The lowest BCUT2D eigenvalue weighted by molar-refractivity contribution is -0.159. The third-order valence-electron chi connectivity index (χ3n) is 7.22. The molecule has 9 heteroatoms. The number of hydrazone groups is 1. The molecule has 4 atom stereocenters. The van der Waals surface area contributed by atoms with Gasteiger partial charge in [0.15, 0.2) is 0 Å². The van der Waals surface area contributed by atoms with E-state index in [-0.39, 0.29) is 16.9 Å². The van der Waals surface area contributed by atoms with Gasteiger partial charge in [-0.15, -0.1) is 0 Å². The minimum absolute atomic E-state index is 0.0339. The molecule has 1 saturated heterocycles. The van der Waals surface area contributed by atoms with Gasteiger partial charge in [0.2, 0.25) is 11.8 Å². The molecule has 1 saturated carbocycles. The van der Waals surface area contributed by atoms with Gasteiger partial charge in [-0.1, -0.05) is 19.1 Å². The number of hydrogen-bond acceptors (Lipinski definition) is 5. The highest BCUT2D eigenvalue weighted by atomic mass is 16.4. The second-order valence-corrected chi connectivity index (χ2v) is 9.45. The number of carbonyl (C=O) groups is 4. The van der Waals surface area contributed by atoms with Gasteiger partial charge < -0.3 is 15.1 Å². The normalized spacial score (nSPS) is 33.6. The number of hydrogen-bond donors (Lipinski definition) is 2. The highest BCUT2D eigenvalue weighted by molar-refractivity contribution is 6.27. The van der Waals surface area contributed by atoms with E-state index >= 15 is 0 Å². The summed E-state index contributed by atoms with van der Waals surface area (Å²) in [6.45, 7) is 7.40. The van der Waals surface area contributed by atoms with E-state index < -0.39 is 11.9 Å². The molecule has 2 aliphatic carbocycles. The molecule has 2 aliphatic heterocycles. The smallest absolute Gasteiger partial charge is 0.414 e. The summed E-state index contributed by atoms with van der Waals surface area (Å²) in [5.41, 5.74) is 0.622. The number of aliphatic carboxylic acids is 2. The lowest BCUT2D eigenvalue weighted by atomic mass is 9.77. The Morgan fingerprint density at radius 3 is 2.32 bits per heavy atom. The van der Waals surface area contributed by atoms with Crippen LogP contribution >= 0.6 is 0 Å². The first-order chi connectivity index (χ1) is 14.5. The van der Waals surface area contributed by atoms with E-state index in [1.807, 2.05) is 6.92 Å². The van der Waals surface area contributed by atoms with Gasteiger partial charge in [0.25, 0.3) is 0 Å². The van der Waals surface area contributed by atoms with Crippen molar-refractivity contribution in [2.75, 3.05) is 13.1 Å². The van der Waals surface area contributed by atoms with Gasteiger partial charge >= 0.3 is 11.9 Å². The summed E-state index contributed by atoms with van der Waals surface area (Å²) in [6.07, 6.45) is 10.1. The molecule has 170 valence electrons. The highest BCUT2D eigenvalue weighted by Gasteiger charge is 2.59. The summed E-state index contributed by atoms with van der Waals surface area (Å²) in [6, 6.07) is 0. The van der Waals surface area contributed by atoms with Crippen LogP contribution in [0.1, 0.15) is 59.3 Å². The molecule has 9 nitrogen and oxygen atoms in total. The summed E-state index contributed by atoms with van der Waals surface area (Å²) < 4.78 is 0.